The summed E-state index contributed by atoms with van der Waals surface area (Å²) >= 11 is 0. The molecular weight excluding hydrogens is 372 g/mol. The summed E-state index contributed by atoms with van der Waals surface area (Å²) in [7, 11) is 1.65. The quantitative estimate of drug-likeness (QED) is 0.755. The first kappa shape index (κ1) is 21.5. The second kappa shape index (κ2) is 9.09. The Kier molecular flexibility index (Phi) is 6.74. The van der Waals surface area contributed by atoms with E-state index in [2.05, 4.69) is 10.2 Å². The standard InChI is InChI=1S/C21H32N4O4/c1-16(26)22-18-5-11-24(12-6-18)15-21(29)7-3-9-25(13-8-21)20(28)17-4-10-23(2)19(27)14-17/h4,10,14,18,29H,3,5-9,11-13,15H2,1-2H3,(H,22,26)/t21-/m1/s1. The van der Waals surface area contributed by atoms with Gasteiger partial charge in [-0.15, -0.1) is 0 Å². The molecule has 0 radical (unpaired) electrons. The van der Waals surface area contributed by atoms with Crippen LogP contribution < -0.4 is 10.9 Å². The number of nitrogens with one attached hydrogen (secondary N) is 1. The molecule has 0 aliphatic carbocycles. The van der Waals surface area contributed by atoms with Crippen LogP contribution in [0.2, 0.25) is 0 Å². The molecule has 0 saturated carbocycles. The van der Waals surface area contributed by atoms with Gasteiger partial charge in [-0.05, 0) is 38.2 Å². The minimum Gasteiger partial charge on any atom is -0.388 e. The number of aryl methyl sites for hydroxylation is 1. The van der Waals surface area contributed by atoms with E-state index < -0.39 is 5.60 Å². The van der Waals surface area contributed by atoms with Gasteiger partial charge < -0.3 is 24.8 Å². The van der Waals surface area contributed by atoms with E-state index in [1.807, 2.05) is 0 Å². The first-order valence-corrected chi connectivity index (χ1v) is 10.4. The highest BCUT2D eigenvalue weighted by Gasteiger charge is 2.34. The molecule has 0 bridgehead atoms. The van der Waals surface area contributed by atoms with E-state index in [-0.39, 0.29) is 23.4 Å². The Balaban J connectivity index is 1.54. The largest absolute Gasteiger partial charge is 0.388 e. The maximum Gasteiger partial charge on any atom is 0.254 e. The van der Waals surface area contributed by atoms with Gasteiger partial charge in [0.1, 0.15) is 0 Å². The molecule has 2 amide bonds. The average Bonchev–Trinajstić information content (AvgIpc) is 2.86. The van der Waals surface area contributed by atoms with E-state index in [0.29, 0.717) is 38.0 Å². The minimum atomic E-state index is -0.817. The van der Waals surface area contributed by atoms with Crippen molar-refractivity contribution in [3.8, 4) is 0 Å². The van der Waals surface area contributed by atoms with Crippen LogP contribution >= 0.6 is 0 Å². The molecule has 2 fully saturated rings. The van der Waals surface area contributed by atoms with Crippen LogP contribution in [-0.2, 0) is 11.8 Å². The van der Waals surface area contributed by atoms with Crippen LogP contribution in [0.4, 0.5) is 0 Å². The van der Waals surface area contributed by atoms with Crippen molar-refractivity contribution in [3.05, 3.63) is 34.2 Å². The molecule has 0 aromatic carbocycles. The number of piperidine rings is 1. The smallest absolute Gasteiger partial charge is 0.254 e. The molecule has 2 aliphatic rings. The first-order valence-electron chi connectivity index (χ1n) is 10.4. The predicted molar refractivity (Wildman–Crippen MR) is 110 cm³/mol. The average molecular weight is 405 g/mol. The van der Waals surface area contributed by atoms with Gasteiger partial charge in [0, 0.05) is 70.6 Å². The third-order valence-corrected chi connectivity index (χ3v) is 6.07. The van der Waals surface area contributed by atoms with Crippen LogP contribution in [0.5, 0.6) is 0 Å². The van der Waals surface area contributed by atoms with E-state index in [9.17, 15) is 19.5 Å². The molecule has 29 heavy (non-hydrogen) atoms. The summed E-state index contributed by atoms with van der Waals surface area (Å²) in [6, 6.07) is 3.26. The van der Waals surface area contributed by atoms with Gasteiger partial charge >= 0.3 is 0 Å². The van der Waals surface area contributed by atoms with Gasteiger partial charge in [-0.25, -0.2) is 0 Å². The molecule has 8 heteroatoms. The summed E-state index contributed by atoms with van der Waals surface area (Å²) in [5, 5.41) is 14.1. The third kappa shape index (κ3) is 5.67. The van der Waals surface area contributed by atoms with E-state index in [0.717, 1.165) is 32.4 Å². The van der Waals surface area contributed by atoms with Crippen LogP contribution in [0, 0.1) is 0 Å². The number of hydrogen-bond donors (Lipinski definition) is 2. The Labute approximate surface area is 171 Å². The molecule has 2 saturated heterocycles. The lowest BCUT2D eigenvalue weighted by atomic mass is 9.93. The Hall–Kier alpha value is -2.19. The van der Waals surface area contributed by atoms with Crippen LogP contribution in [-0.4, -0.2) is 75.7 Å². The SMILES string of the molecule is CC(=O)NC1CCN(C[C@@]2(O)CCCN(C(=O)c3ccn(C)c(=O)c3)CC2)CC1. The zero-order valence-corrected chi connectivity index (χ0v) is 17.4. The summed E-state index contributed by atoms with van der Waals surface area (Å²) in [4.78, 5) is 39.8. The molecular formula is C21H32N4O4. The van der Waals surface area contributed by atoms with Crippen molar-refractivity contribution >= 4 is 11.8 Å². The summed E-state index contributed by atoms with van der Waals surface area (Å²) in [6.07, 6.45) is 5.30. The fourth-order valence-electron chi connectivity index (χ4n) is 4.34. The first-order chi connectivity index (χ1) is 13.8. The number of aromatic nitrogens is 1. The molecule has 1 atom stereocenters. The second-order valence-electron chi connectivity index (χ2n) is 8.49. The van der Waals surface area contributed by atoms with Crippen molar-refractivity contribution < 1.29 is 14.7 Å². The summed E-state index contributed by atoms with van der Waals surface area (Å²) in [5.41, 5.74) is -0.619. The molecule has 2 aliphatic heterocycles. The summed E-state index contributed by atoms with van der Waals surface area (Å²) < 4.78 is 1.44. The molecule has 3 heterocycles. The van der Waals surface area contributed by atoms with Crippen LogP contribution in [0.15, 0.2) is 23.1 Å². The molecule has 3 rings (SSSR count). The predicted octanol–water partition coefficient (Wildman–Crippen LogP) is 0.343. The minimum absolute atomic E-state index is 0.00637. The van der Waals surface area contributed by atoms with Gasteiger partial charge in [0.15, 0.2) is 0 Å². The van der Waals surface area contributed by atoms with E-state index >= 15 is 0 Å². The Morgan fingerprint density at radius 3 is 2.59 bits per heavy atom. The van der Waals surface area contributed by atoms with Gasteiger partial charge in [-0.3, -0.25) is 14.4 Å². The highest BCUT2D eigenvalue weighted by molar-refractivity contribution is 5.94. The fourth-order valence-corrected chi connectivity index (χ4v) is 4.34. The van der Waals surface area contributed by atoms with Gasteiger partial charge in [-0.1, -0.05) is 0 Å². The van der Waals surface area contributed by atoms with Crippen molar-refractivity contribution in [2.45, 2.75) is 50.7 Å². The number of pyridine rings is 1. The summed E-state index contributed by atoms with van der Waals surface area (Å²) in [5.74, 6) is -0.144. The lowest BCUT2D eigenvalue weighted by Crippen LogP contribution is -2.50. The zero-order valence-electron chi connectivity index (χ0n) is 17.4. The van der Waals surface area contributed by atoms with Crippen molar-refractivity contribution in [1.82, 2.24) is 19.7 Å². The number of β-amino-alcohol motifs (C(OH)–C–C–N with tert-alkyl or cyclic N) is 1. The Morgan fingerprint density at radius 2 is 1.93 bits per heavy atom. The Bertz CT molecular complexity index is 800. The topological polar surface area (TPSA) is 94.9 Å². The maximum absolute atomic E-state index is 12.8. The van der Waals surface area contributed by atoms with Gasteiger partial charge in [0.25, 0.3) is 11.5 Å². The van der Waals surface area contributed by atoms with Gasteiger partial charge in [0.05, 0.1) is 5.60 Å². The number of nitrogens with zero attached hydrogens (tertiary/aromatic N) is 3. The summed E-state index contributed by atoms with van der Waals surface area (Å²) in [6.45, 7) is 4.90. The second-order valence-corrected chi connectivity index (χ2v) is 8.49. The van der Waals surface area contributed by atoms with E-state index in [1.165, 1.54) is 10.6 Å². The fraction of sp³-hybridized carbons (Fsp3) is 0.667. The molecule has 0 spiro atoms. The third-order valence-electron chi connectivity index (χ3n) is 6.07. The number of rotatable bonds is 4. The monoisotopic (exact) mass is 404 g/mol. The number of hydrogen-bond acceptors (Lipinski definition) is 5. The molecule has 160 valence electrons. The molecule has 2 N–H and O–H groups in total. The zero-order chi connectivity index (χ0) is 21.0. The van der Waals surface area contributed by atoms with Crippen LogP contribution in [0.25, 0.3) is 0 Å². The number of likely N-dealkylation sites (tertiary alicyclic amines) is 2. The number of aliphatic hydroxyl groups is 1. The molecule has 1 aromatic heterocycles. The normalized spacial score (nSPS) is 24.2. The molecule has 8 nitrogen and oxygen atoms in total. The van der Waals surface area contributed by atoms with Gasteiger partial charge in [0.2, 0.25) is 5.91 Å². The number of amides is 2. The van der Waals surface area contributed by atoms with Gasteiger partial charge in [-0.2, -0.15) is 0 Å². The number of carbonyl (C=O) groups excluding carboxylic acids is 2. The number of carbonyl (C=O) groups is 2. The van der Waals surface area contributed by atoms with Crippen molar-refractivity contribution in [2.24, 2.45) is 7.05 Å². The van der Waals surface area contributed by atoms with Crippen LogP contribution in [0.3, 0.4) is 0 Å². The van der Waals surface area contributed by atoms with E-state index in [1.54, 1.807) is 31.1 Å². The Morgan fingerprint density at radius 1 is 1.21 bits per heavy atom. The van der Waals surface area contributed by atoms with Crippen molar-refractivity contribution in [1.29, 1.82) is 0 Å². The molecule has 1 aromatic rings. The lowest BCUT2D eigenvalue weighted by molar-refractivity contribution is -0.120. The maximum atomic E-state index is 12.8. The van der Waals surface area contributed by atoms with E-state index in [4.69, 9.17) is 0 Å². The molecule has 0 unspecified atom stereocenters. The van der Waals surface area contributed by atoms with Crippen molar-refractivity contribution in [2.75, 3.05) is 32.7 Å². The highest BCUT2D eigenvalue weighted by atomic mass is 16.3. The lowest BCUT2D eigenvalue weighted by Gasteiger charge is -2.38. The van der Waals surface area contributed by atoms with Crippen LogP contribution in [0.1, 0.15) is 49.4 Å². The highest BCUT2D eigenvalue weighted by Crippen LogP contribution is 2.26. The van der Waals surface area contributed by atoms with Crippen molar-refractivity contribution in [3.63, 3.8) is 0 Å².